The fraction of sp³-hybridized carbons (Fsp3) is 1.00. The summed E-state index contributed by atoms with van der Waals surface area (Å²) >= 11 is 0. The Morgan fingerprint density at radius 1 is 0.960 bits per heavy atom. The first kappa shape index (κ1) is 17.1. The summed E-state index contributed by atoms with van der Waals surface area (Å²) < 4.78 is 0. The highest BCUT2D eigenvalue weighted by atomic mass is 14.7. The minimum absolute atomic E-state index is 0.670. The van der Waals surface area contributed by atoms with Gasteiger partial charge in [0.2, 0.25) is 0 Å². The highest BCUT2D eigenvalue weighted by Gasteiger charge is 2.64. The summed E-state index contributed by atoms with van der Waals surface area (Å²) in [6.07, 6.45) is 14.1. The van der Waals surface area contributed by atoms with Gasteiger partial charge in [-0.05, 0) is 109 Å². The van der Waals surface area contributed by atoms with Crippen LogP contribution >= 0.6 is 0 Å². The lowest BCUT2D eigenvalue weighted by atomic mass is 9.69. The third kappa shape index (κ3) is 2.67. The standard InChI is InChI=1S/C25H42/c1-6-7-20-17(10-19-12-25(5)14-23(19)25)9-18-8-16(11-21(18)20)15(2)22-13-24(22,3)4/h15-23H,6-14H2,1-5H3/t15-,16+,17-,18-,19-,20+,21+,22+,23?,25+/m0/s1. The van der Waals surface area contributed by atoms with E-state index in [4.69, 9.17) is 0 Å². The van der Waals surface area contributed by atoms with Gasteiger partial charge in [0.05, 0.1) is 0 Å². The third-order valence-electron chi connectivity index (χ3n) is 10.5. The van der Waals surface area contributed by atoms with Gasteiger partial charge in [-0.3, -0.25) is 0 Å². The minimum atomic E-state index is 0.670. The molecule has 0 aromatic carbocycles. The Kier molecular flexibility index (Phi) is 3.77. The Morgan fingerprint density at radius 2 is 1.72 bits per heavy atom. The van der Waals surface area contributed by atoms with Crippen LogP contribution in [0.4, 0.5) is 0 Å². The van der Waals surface area contributed by atoms with Crippen molar-refractivity contribution in [2.75, 3.05) is 0 Å². The monoisotopic (exact) mass is 342 g/mol. The van der Waals surface area contributed by atoms with Crippen molar-refractivity contribution in [3.8, 4) is 0 Å². The van der Waals surface area contributed by atoms with Crippen molar-refractivity contribution in [3.05, 3.63) is 0 Å². The smallest absolute Gasteiger partial charge is 0.0289 e. The summed E-state index contributed by atoms with van der Waals surface area (Å²) in [6, 6.07) is 0. The maximum atomic E-state index is 2.61. The first-order chi connectivity index (χ1) is 11.8. The van der Waals surface area contributed by atoms with E-state index in [1.54, 1.807) is 38.5 Å². The number of hydrogen-bond donors (Lipinski definition) is 0. The first-order valence-electron chi connectivity index (χ1n) is 11.8. The second-order valence-electron chi connectivity index (χ2n) is 12.4. The SMILES string of the molecule is CCC[C@@H]1[C@H](C[C@H]2C[C@]3(C)CC23)C[C@@H]2C[C@@H]([C@H](C)[C@H]3CC3(C)C)C[C@H]21. The number of rotatable bonds is 6. The van der Waals surface area contributed by atoms with Crippen LogP contribution < -0.4 is 0 Å². The Labute approximate surface area is 156 Å². The number of fused-ring (bicyclic) bond motifs is 2. The molecule has 5 fully saturated rings. The van der Waals surface area contributed by atoms with E-state index in [1.807, 2.05) is 0 Å². The van der Waals surface area contributed by atoms with E-state index < -0.39 is 0 Å². The molecule has 5 aliphatic rings. The molecule has 0 saturated heterocycles. The van der Waals surface area contributed by atoms with E-state index in [0.717, 1.165) is 58.7 Å². The molecule has 0 aromatic rings. The predicted octanol–water partition coefficient (Wildman–Crippen LogP) is 7.18. The zero-order chi connectivity index (χ0) is 17.6. The Balaban J connectivity index is 1.21. The van der Waals surface area contributed by atoms with Gasteiger partial charge >= 0.3 is 0 Å². The van der Waals surface area contributed by atoms with Gasteiger partial charge in [-0.1, -0.05) is 47.5 Å². The lowest BCUT2D eigenvalue weighted by Crippen LogP contribution is -2.28. The van der Waals surface area contributed by atoms with Gasteiger partial charge in [0.25, 0.3) is 0 Å². The molecule has 0 amide bonds. The van der Waals surface area contributed by atoms with Crippen LogP contribution in [0.3, 0.4) is 0 Å². The lowest BCUT2D eigenvalue weighted by molar-refractivity contribution is 0.133. The van der Waals surface area contributed by atoms with E-state index >= 15 is 0 Å². The number of hydrogen-bond acceptors (Lipinski definition) is 0. The molecule has 10 atom stereocenters. The summed E-state index contributed by atoms with van der Waals surface area (Å²) in [5.74, 6) is 9.84. The van der Waals surface area contributed by atoms with Crippen LogP contribution in [0, 0.1) is 64.1 Å². The van der Waals surface area contributed by atoms with Crippen molar-refractivity contribution >= 4 is 0 Å². The van der Waals surface area contributed by atoms with Gasteiger partial charge in [-0.25, -0.2) is 0 Å². The van der Waals surface area contributed by atoms with E-state index in [2.05, 4.69) is 34.6 Å². The molecule has 5 saturated carbocycles. The molecule has 0 aliphatic heterocycles. The van der Waals surface area contributed by atoms with Gasteiger partial charge in [0.1, 0.15) is 0 Å². The van der Waals surface area contributed by atoms with Crippen molar-refractivity contribution in [1.82, 2.24) is 0 Å². The zero-order valence-electron chi connectivity index (χ0n) is 17.6. The van der Waals surface area contributed by atoms with E-state index in [9.17, 15) is 0 Å². The topological polar surface area (TPSA) is 0 Å². The van der Waals surface area contributed by atoms with Crippen molar-refractivity contribution in [1.29, 1.82) is 0 Å². The van der Waals surface area contributed by atoms with Gasteiger partial charge in [-0.15, -0.1) is 0 Å². The molecule has 0 nitrogen and oxygen atoms in total. The van der Waals surface area contributed by atoms with Crippen molar-refractivity contribution in [2.45, 2.75) is 92.4 Å². The molecule has 0 heterocycles. The maximum absolute atomic E-state index is 2.61. The van der Waals surface area contributed by atoms with Crippen LogP contribution in [0.15, 0.2) is 0 Å². The Morgan fingerprint density at radius 3 is 2.28 bits per heavy atom. The van der Waals surface area contributed by atoms with Crippen LogP contribution in [0.5, 0.6) is 0 Å². The van der Waals surface area contributed by atoms with E-state index in [1.165, 1.54) is 19.3 Å². The highest BCUT2D eigenvalue weighted by molar-refractivity contribution is 5.13. The second-order valence-corrected chi connectivity index (χ2v) is 12.4. The molecule has 25 heavy (non-hydrogen) atoms. The van der Waals surface area contributed by atoms with Gasteiger partial charge in [-0.2, -0.15) is 0 Å². The van der Waals surface area contributed by atoms with Crippen LogP contribution in [0.25, 0.3) is 0 Å². The molecule has 5 rings (SSSR count). The first-order valence-corrected chi connectivity index (χ1v) is 11.8. The zero-order valence-corrected chi connectivity index (χ0v) is 17.6. The summed E-state index contributed by atoms with van der Waals surface area (Å²) in [6.45, 7) is 12.6. The molecule has 142 valence electrons. The van der Waals surface area contributed by atoms with Gasteiger partial charge in [0, 0.05) is 0 Å². The molecule has 0 bridgehead atoms. The third-order valence-corrected chi connectivity index (χ3v) is 10.5. The summed E-state index contributed by atoms with van der Waals surface area (Å²) in [5.41, 5.74) is 1.50. The molecule has 0 spiro atoms. The summed E-state index contributed by atoms with van der Waals surface area (Å²) in [5, 5.41) is 0. The summed E-state index contributed by atoms with van der Waals surface area (Å²) in [4.78, 5) is 0. The average Bonchev–Trinajstić information content (AvgIpc) is 3.17. The fourth-order valence-electron chi connectivity index (χ4n) is 8.76. The molecule has 0 N–H and O–H groups in total. The molecule has 5 aliphatic carbocycles. The second kappa shape index (κ2) is 5.51. The largest absolute Gasteiger partial charge is 0.0654 e. The van der Waals surface area contributed by atoms with Crippen molar-refractivity contribution in [2.24, 2.45) is 64.1 Å². The molecule has 0 heteroatoms. The van der Waals surface area contributed by atoms with Crippen LogP contribution in [0.1, 0.15) is 92.4 Å². The van der Waals surface area contributed by atoms with Gasteiger partial charge in [0.15, 0.2) is 0 Å². The van der Waals surface area contributed by atoms with Gasteiger partial charge < -0.3 is 0 Å². The van der Waals surface area contributed by atoms with Crippen LogP contribution in [-0.4, -0.2) is 0 Å². The van der Waals surface area contributed by atoms with E-state index in [-0.39, 0.29) is 0 Å². The van der Waals surface area contributed by atoms with E-state index in [0.29, 0.717) is 5.41 Å². The summed E-state index contributed by atoms with van der Waals surface area (Å²) in [7, 11) is 0. The Bertz CT molecular complexity index is 532. The Hall–Kier alpha value is 0. The fourth-order valence-corrected chi connectivity index (χ4v) is 8.76. The molecule has 0 radical (unpaired) electrons. The maximum Gasteiger partial charge on any atom is -0.0289 e. The van der Waals surface area contributed by atoms with Crippen molar-refractivity contribution in [3.63, 3.8) is 0 Å². The highest BCUT2D eigenvalue weighted by Crippen LogP contribution is 2.72. The quantitative estimate of drug-likeness (QED) is 0.479. The average molecular weight is 343 g/mol. The molecule has 0 aromatic heterocycles. The van der Waals surface area contributed by atoms with Crippen molar-refractivity contribution < 1.29 is 0 Å². The normalized spacial score (nSPS) is 56.0. The molecular formula is C25H42. The molecule has 1 unspecified atom stereocenters. The van der Waals surface area contributed by atoms with Crippen LogP contribution in [0.2, 0.25) is 0 Å². The lowest BCUT2D eigenvalue weighted by Gasteiger charge is -2.36. The molecular weight excluding hydrogens is 300 g/mol. The predicted molar refractivity (Wildman–Crippen MR) is 106 cm³/mol. The minimum Gasteiger partial charge on any atom is -0.0654 e. The van der Waals surface area contributed by atoms with Crippen LogP contribution in [-0.2, 0) is 0 Å².